The Balaban J connectivity index is 2.06. The predicted molar refractivity (Wildman–Crippen MR) is 62.9 cm³/mol. The summed E-state index contributed by atoms with van der Waals surface area (Å²) in [6.45, 7) is 1.19. The van der Waals surface area contributed by atoms with E-state index in [1.54, 1.807) is 6.07 Å². The molecule has 3 N–H and O–H groups in total. The Morgan fingerprint density at radius 3 is 2.83 bits per heavy atom. The molecule has 1 aliphatic rings. The molecule has 1 aromatic heterocycles. The quantitative estimate of drug-likeness (QED) is 0.826. The van der Waals surface area contributed by atoms with E-state index in [0.717, 1.165) is 25.8 Å². The Kier molecular flexibility index (Phi) is 3.66. The molecule has 6 heteroatoms. The number of primary amides is 1. The van der Waals surface area contributed by atoms with Gasteiger partial charge in [0.15, 0.2) is 0 Å². The third-order valence-electron chi connectivity index (χ3n) is 3.17. The first-order valence-electron chi connectivity index (χ1n) is 5.93. The topological polar surface area (TPSA) is 96.8 Å². The number of carbonyl (C=O) groups excluding carboxylic acids is 1. The number of hydrogen-bond donors (Lipinski definition) is 2. The summed E-state index contributed by atoms with van der Waals surface area (Å²) >= 11 is 0. The van der Waals surface area contributed by atoms with Crippen LogP contribution >= 0.6 is 0 Å². The largest absolute Gasteiger partial charge is 0.475 e. The molecule has 0 bridgehead atoms. The minimum absolute atomic E-state index is 0.0855. The summed E-state index contributed by atoms with van der Waals surface area (Å²) in [4.78, 5) is 24.0. The van der Waals surface area contributed by atoms with E-state index in [9.17, 15) is 9.59 Å². The molecule has 2 heterocycles. The third kappa shape index (κ3) is 2.70. The van der Waals surface area contributed by atoms with Crippen LogP contribution < -0.4 is 5.73 Å². The molecule has 1 amide bonds. The first-order valence-corrected chi connectivity index (χ1v) is 5.93. The molecular weight excluding hydrogens is 236 g/mol. The molecular formula is C12H16N2O4. The van der Waals surface area contributed by atoms with Crippen molar-refractivity contribution < 1.29 is 19.1 Å². The zero-order valence-electron chi connectivity index (χ0n) is 9.96. The number of carbonyl (C=O) groups is 2. The molecule has 0 aliphatic carbocycles. The van der Waals surface area contributed by atoms with Crippen LogP contribution in [0.5, 0.6) is 0 Å². The average Bonchev–Trinajstić information content (AvgIpc) is 2.78. The van der Waals surface area contributed by atoms with Gasteiger partial charge in [-0.3, -0.25) is 9.69 Å². The van der Waals surface area contributed by atoms with Crippen molar-refractivity contribution in [3.63, 3.8) is 0 Å². The molecule has 6 nitrogen and oxygen atoms in total. The van der Waals surface area contributed by atoms with Gasteiger partial charge < -0.3 is 15.3 Å². The number of hydrogen-bond acceptors (Lipinski definition) is 4. The van der Waals surface area contributed by atoms with Gasteiger partial charge in [0, 0.05) is 0 Å². The molecule has 98 valence electrons. The zero-order valence-corrected chi connectivity index (χ0v) is 9.96. The molecule has 1 aliphatic heterocycles. The van der Waals surface area contributed by atoms with E-state index in [4.69, 9.17) is 15.3 Å². The number of likely N-dealkylation sites (tertiary alicyclic amines) is 1. The second-order valence-corrected chi connectivity index (χ2v) is 4.46. The minimum Gasteiger partial charge on any atom is -0.475 e. The summed E-state index contributed by atoms with van der Waals surface area (Å²) in [7, 11) is 0. The van der Waals surface area contributed by atoms with Crippen LogP contribution in [0, 0.1) is 0 Å². The number of nitrogens with zero attached hydrogens (tertiary/aromatic N) is 1. The van der Waals surface area contributed by atoms with Crippen LogP contribution in [0.3, 0.4) is 0 Å². The van der Waals surface area contributed by atoms with Gasteiger partial charge in [0.25, 0.3) is 0 Å². The van der Waals surface area contributed by atoms with Crippen LogP contribution in [-0.4, -0.2) is 34.5 Å². The van der Waals surface area contributed by atoms with Crippen LogP contribution in [0.2, 0.25) is 0 Å². The van der Waals surface area contributed by atoms with E-state index in [0.29, 0.717) is 12.3 Å². The van der Waals surface area contributed by atoms with Crippen molar-refractivity contribution in [3.8, 4) is 0 Å². The predicted octanol–water partition coefficient (Wildman–Crippen LogP) is 0.818. The number of furan rings is 1. The maximum Gasteiger partial charge on any atom is 0.371 e. The van der Waals surface area contributed by atoms with E-state index in [1.807, 2.05) is 4.90 Å². The molecule has 0 aromatic carbocycles. The summed E-state index contributed by atoms with van der Waals surface area (Å²) in [6.07, 6.45) is 2.75. The normalized spacial score (nSPS) is 20.8. The van der Waals surface area contributed by atoms with Crippen molar-refractivity contribution in [2.45, 2.75) is 31.8 Å². The Morgan fingerprint density at radius 1 is 1.44 bits per heavy atom. The second-order valence-electron chi connectivity index (χ2n) is 4.46. The van der Waals surface area contributed by atoms with Gasteiger partial charge in [-0.1, -0.05) is 6.42 Å². The number of nitrogens with two attached hydrogens (primary N) is 1. The lowest BCUT2D eigenvalue weighted by molar-refractivity contribution is -0.124. The van der Waals surface area contributed by atoms with E-state index < -0.39 is 5.97 Å². The Bertz CT molecular complexity index is 455. The lowest BCUT2D eigenvalue weighted by Gasteiger charge is -2.32. The van der Waals surface area contributed by atoms with Crippen molar-refractivity contribution in [3.05, 3.63) is 23.7 Å². The van der Waals surface area contributed by atoms with Crippen molar-refractivity contribution in [2.24, 2.45) is 5.73 Å². The van der Waals surface area contributed by atoms with Crippen LogP contribution in [0.1, 0.15) is 35.6 Å². The maximum absolute atomic E-state index is 11.3. The van der Waals surface area contributed by atoms with Gasteiger partial charge in [-0.05, 0) is 31.5 Å². The Hall–Kier alpha value is -1.82. The fourth-order valence-corrected chi connectivity index (χ4v) is 2.28. The van der Waals surface area contributed by atoms with E-state index in [-0.39, 0.29) is 17.7 Å². The van der Waals surface area contributed by atoms with E-state index in [2.05, 4.69) is 0 Å². The number of carboxylic acids is 1. The minimum atomic E-state index is -1.09. The highest BCUT2D eigenvalue weighted by Gasteiger charge is 2.27. The first kappa shape index (κ1) is 12.6. The summed E-state index contributed by atoms with van der Waals surface area (Å²) < 4.78 is 5.18. The van der Waals surface area contributed by atoms with Gasteiger partial charge in [-0.15, -0.1) is 0 Å². The van der Waals surface area contributed by atoms with Crippen molar-refractivity contribution in [1.29, 1.82) is 0 Å². The first-order chi connectivity index (χ1) is 8.58. The second kappa shape index (κ2) is 5.22. The summed E-state index contributed by atoms with van der Waals surface area (Å²) in [6, 6.07) is 2.76. The highest BCUT2D eigenvalue weighted by atomic mass is 16.4. The Morgan fingerprint density at radius 2 is 2.22 bits per heavy atom. The number of amides is 1. The van der Waals surface area contributed by atoms with Gasteiger partial charge in [-0.2, -0.15) is 0 Å². The molecule has 18 heavy (non-hydrogen) atoms. The summed E-state index contributed by atoms with van der Waals surface area (Å²) in [5, 5.41) is 8.76. The lowest BCUT2D eigenvalue weighted by Crippen LogP contribution is -2.47. The number of piperidine rings is 1. The van der Waals surface area contributed by atoms with Crippen LogP contribution in [0.25, 0.3) is 0 Å². The summed E-state index contributed by atoms with van der Waals surface area (Å²) in [5.41, 5.74) is 5.36. The smallest absolute Gasteiger partial charge is 0.371 e. The fraction of sp³-hybridized carbons (Fsp3) is 0.500. The van der Waals surface area contributed by atoms with Crippen LogP contribution in [0.15, 0.2) is 16.5 Å². The average molecular weight is 252 g/mol. The highest BCUT2D eigenvalue weighted by molar-refractivity contribution is 5.84. The van der Waals surface area contributed by atoms with Gasteiger partial charge in [-0.25, -0.2) is 4.79 Å². The lowest BCUT2D eigenvalue weighted by atomic mass is 10.0. The molecule has 1 saturated heterocycles. The number of carboxylic acid groups (broad SMARTS) is 1. The van der Waals surface area contributed by atoms with Crippen molar-refractivity contribution in [1.82, 2.24) is 4.90 Å². The molecule has 0 spiro atoms. The number of aromatic carboxylic acids is 1. The monoisotopic (exact) mass is 252 g/mol. The standard InChI is InChI=1S/C12H16N2O4/c13-11(15)9-3-1-2-6-14(9)7-8-4-5-10(18-8)12(16)17/h4-5,9H,1-3,6-7H2,(H2,13,15)(H,16,17). The molecule has 1 aromatic rings. The fourth-order valence-electron chi connectivity index (χ4n) is 2.28. The number of rotatable bonds is 4. The van der Waals surface area contributed by atoms with Crippen molar-refractivity contribution in [2.75, 3.05) is 6.54 Å². The van der Waals surface area contributed by atoms with Gasteiger partial charge in [0.2, 0.25) is 11.7 Å². The molecule has 1 fully saturated rings. The van der Waals surface area contributed by atoms with Crippen molar-refractivity contribution >= 4 is 11.9 Å². The third-order valence-corrected chi connectivity index (χ3v) is 3.17. The molecule has 1 unspecified atom stereocenters. The Labute approximate surface area is 104 Å². The van der Waals surface area contributed by atoms with Gasteiger partial charge in [0.05, 0.1) is 12.6 Å². The highest BCUT2D eigenvalue weighted by Crippen LogP contribution is 2.20. The SMILES string of the molecule is NC(=O)C1CCCCN1Cc1ccc(C(=O)O)o1. The van der Waals surface area contributed by atoms with Crippen LogP contribution in [-0.2, 0) is 11.3 Å². The molecule has 1 atom stereocenters. The van der Waals surface area contributed by atoms with E-state index in [1.165, 1.54) is 6.07 Å². The zero-order chi connectivity index (χ0) is 13.1. The van der Waals surface area contributed by atoms with Crippen LogP contribution in [0.4, 0.5) is 0 Å². The maximum atomic E-state index is 11.3. The molecule has 0 saturated carbocycles. The molecule has 2 rings (SSSR count). The summed E-state index contributed by atoms with van der Waals surface area (Å²) in [5.74, 6) is -0.968. The van der Waals surface area contributed by atoms with E-state index >= 15 is 0 Å². The van der Waals surface area contributed by atoms with Gasteiger partial charge in [0.1, 0.15) is 5.76 Å². The molecule has 0 radical (unpaired) electrons. The van der Waals surface area contributed by atoms with Gasteiger partial charge >= 0.3 is 5.97 Å².